The number of carbonyl (C=O) groups is 4. The molecule has 34 heavy (non-hydrogen) atoms. The Labute approximate surface area is 199 Å². The fourth-order valence-corrected chi connectivity index (χ4v) is 4.32. The van der Waals surface area contributed by atoms with E-state index in [1.807, 2.05) is 0 Å². The Morgan fingerprint density at radius 2 is 1.68 bits per heavy atom. The molecule has 182 valence electrons. The molecule has 0 unspecified atom stereocenters. The molecule has 2 rings (SSSR count). The van der Waals surface area contributed by atoms with Crippen molar-refractivity contribution >= 4 is 45.4 Å². The Balaban J connectivity index is 2.07. The molecule has 5 N–H and O–H groups in total. The third-order valence-electron chi connectivity index (χ3n) is 4.55. The summed E-state index contributed by atoms with van der Waals surface area (Å²) in [4.78, 5) is 46.2. The fraction of sp³-hybridized carbons (Fsp3) is 0.238. The van der Waals surface area contributed by atoms with E-state index in [0.717, 1.165) is 18.2 Å². The zero-order valence-corrected chi connectivity index (χ0v) is 19.5. The van der Waals surface area contributed by atoms with Gasteiger partial charge in [0.15, 0.2) is 5.78 Å². The molecule has 13 heteroatoms. The second kappa shape index (κ2) is 11.6. The van der Waals surface area contributed by atoms with Gasteiger partial charge in [-0.2, -0.15) is 11.8 Å². The van der Waals surface area contributed by atoms with Gasteiger partial charge < -0.3 is 20.6 Å². The van der Waals surface area contributed by atoms with E-state index in [9.17, 15) is 32.7 Å². The van der Waals surface area contributed by atoms with Gasteiger partial charge in [-0.25, -0.2) is 17.9 Å². The molecule has 0 aliphatic heterocycles. The van der Waals surface area contributed by atoms with Gasteiger partial charge in [-0.1, -0.05) is 12.1 Å². The predicted molar refractivity (Wildman–Crippen MR) is 122 cm³/mol. The van der Waals surface area contributed by atoms with E-state index < -0.39 is 57.4 Å². The molecular weight excluding hydrogens is 488 g/mol. The van der Waals surface area contributed by atoms with Gasteiger partial charge in [0.25, 0.3) is 5.91 Å². The van der Waals surface area contributed by atoms with Crippen molar-refractivity contribution in [3.05, 3.63) is 59.2 Å². The Hall–Kier alpha value is -3.42. The molecule has 11 nitrogen and oxygen atoms in total. The average molecular weight is 511 g/mol. The normalized spacial score (nSPS) is 12.0. The Bertz CT molecular complexity index is 1200. The smallest absolute Gasteiger partial charge is 0.339 e. The molecule has 0 aliphatic carbocycles. The Morgan fingerprint density at radius 3 is 2.24 bits per heavy atom. The van der Waals surface area contributed by atoms with Gasteiger partial charge in [0.05, 0.1) is 23.1 Å². The average Bonchev–Trinajstić information content (AvgIpc) is 2.77. The number of phenols is 1. The molecule has 2 aromatic carbocycles. The summed E-state index contributed by atoms with van der Waals surface area (Å²) in [5.41, 5.74) is 0.0527. The van der Waals surface area contributed by atoms with Crippen LogP contribution in [-0.2, 0) is 26.2 Å². The maximum absolute atomic E-state index is 12.5. The van der Waals surface area contributed by atoms with Crippen molar-refractivity contribution in [2.45, 2.75) is 23.9 Å². The summed E-state index contributed by atoms with van der Waals surface area (Å²) >= 11 is 1.21. The zero-order chi connectivity index (χ0) is 25.5. The lowest BCUT2D eigenvalue weighted by molar-refractivity contribution is -0.139. The van der Waals surface area contributed by atoms with E-state index in [-0.39, 0.29) is 22.8 Å². The molecule has 0 radical (unpaired) electrons. The van der Waals surface area contributed by atoms with Crippen LogP contribution in [0.4, 0.5) is 0 Å². The third kappa shape index (κ3) is 7.30. The van der Waals surface area contributed by atoms with Crippen LogP contribution in [0, 0.1) is 0 Å². The van der Waals surface area contributed by atoms with E-state index in [2.05, 4.69) is 10.0 Å². The second-order valence-corrected chi connectivity index (χ2v) is 9.66. The van der Waals surface area contributed by atoms with Crippen molar-refractivity contribution in [3.63, 3.8) is 0 Å². The number of hydrogen-bond acceptors (Lipinski definition) is 8. The first-order valence-corrected chi connectivity index (χ1v) is 12.5. The minimum atomic E-state index is -4.10. The lowest BCUT2D eigenvalue weighted by Gasteiger charge is -2.15. The van der Waals surface area contributed by atoms with E-state index in [1.54, 1.807) is 6.26 Å². The summed E-state index contributed by atoms with van der Waals surface area (Å²) in [5.74, 6) is -4.31. The van der Waals surface area contributed by atoms with Crippen molar-refractivity contribution in [2.75, 3.05) is 12.0 Å². The second-order valence-electron chi connectivity index (χ2n) is 7.03. The van der Waals surface area contributed by atoms with Crippen LogP contribution < -0.4 is 10.0 Å². The van der Waals surface area contributed by atoms with Gasteiger partial charge in [0.1, 0.15) is 11.3 Å². The van der Waals surface area contributed by atoms with E-state index in [4.69, 9.17) is 10.2 Å². The van der Waals surface area contributed by atoms with Crippen molar-refractivity contribution in [1.82, 2.24) is 10.0 Å². The van der Waals surface area contributed by atoms with Crippen LogP contribution in [0.3, 0.4) is 0 Å². The topological polar surface area (TPSA) is 187 Å². The SMILES string of the molecule is CSCC(=O)[C@H](CC(=O)O)NC(=O)c1ccc(CNS(=O)(=O)c2ccc(O)c(C(=O)O)c2)cc1. The number of thioether (sulfide) groups is 1. The first kappa shape index (κ1) is 26.8. The van der Waals surface area contributed by atoms with Gasteiger partial charge in [-0.05, 0) is 42.2 Å². The minimum Gasteiger partial charge on any atom is -0.507 e. The van der Waals surface area contributed by atoms with E-state index >= 15 is 0 Å². The molecule has 0 saturated carbocycles. The quantitative estimate of drug-likeness (QED) is 0.276. The van der Waals surface area contributed by atoms with Crippen molar-refractivity contribution in [2.24, 2.45) is 0 Å². The molecule has 2 aromatic rings. The highest BCUT2D eigenvalue weighted by Crippen LogP contribution is 2.21. The van der Waals surface area contributed by atoms with Crippen LogP contribution in [-0.4, -0.2) is 65.4 Å². The maximum atomic E-state index is 12.5. The molecule has 0 saturated heterocycles. The molecule has 1 amide bonds. The van der Waals surface area contributed by atoms with Gasteiger partial charge in [-0.15, -0.1) is 0 Å². The molecule has 0 aromatic heterocycles. The summed E-state index contributed by atoms with van der Waals surface area (Å²) in [7, 11) is -4.10. The Kier molecular flexibility index (Phi) is 9.18. The molecular formula is C21H22N2O9S2. The molecule has 0 aliphatic rings. The van der Waals surface area contributed by atoms with Crippen LogP contribution >= 0.6 is 11.8 Å². The highest BCUT2D eigenvalue weighted by molar-refractivity contribution is 7.99. The van der Waals surface area contributed by atoms with Crippen LogP contribution in [0.15, 0.2) is 47.4 Å². The zero-order valence-electron chi connectivity index (χ0n) is 17.8. The summed E-state index contributed by atoms with van der Waals surface area (Å²) in [5, 5.41) is 29.9. The number of rotatable bonds is 12. The van der Waals surface area contributed by atoms with Gasteiger partial charge in [0, 0.05) is 12.1 Å². The first-order valence-electron chi connectivity index (χ1n) is 9.64. The first-order chi connectivity index (χ1) is 15.9. The maximum Gasteiger partial charge on any atom is 0.339 e. The number of carbonyl (C=O) groups excluding carboxylic acids is 2. The molecule has 0 heterocycles. The fourth-order valence-electron chi connectivity index (χ4n) is 2.79. The van der Waals surface area contributed by atoms with Crippen LogP contribution in [0.5, 0.6) is 5.75 Å². The molecule has 1 atom stereocenters. The summed E-state index contributed by atoms with van der Waals surface area (Å²) in [6, 6.07) is 7.39. The van der Waals surface area contributed by atoms with Crippen molar-refractivity contribution in [3.8, 4) is 5.75 Å². The number of ketones is 1. The number of carboxylic acids is 2. The monoisotopic (exact) mass is 510 g/mol. The van der Waals surface area contributed by atoms with Crippen LogP contribution in [0.25, 0.3) is 0 Å². The number of carboxylic acid groups (broad SMARTS) is 2. The molecule has 0 spiro atoms. The predicted octanol–water partition coefficient (Wildman–Crippen LogP) is 1.07. The highest BCUT2D eigenvalue weighted by Gasteiger charge is 2.24. The number of amides is 1. The Morgan fingerprint density at radius 1 is 1.03 bits per heavy atom. The number of nitrogens with one attached hydrogen (secondary N) is 2. The minimum absolute atomic E-state index is 0.0479. The number of benzene rings is 2. The third-order valence-corrected chi connectivity index (χ3v) is 6.52. The number of sulfonamides is 1. The summed E-state index contributed by atoms with van der Waals surface area (Å²) in [6.45, 7) is -0.179. The van der Waals surface area contributed by atoms with Gasteiger partial charge >= 0.3 is 11.9 Å². The largest absolute Gasteiger partial charge is 0.507 e. The number of aromatic hydroxyl groups is 1. The van der Waals surface area contributed by atoms with Crippen LogP contribution in [0.2, 0.25) is 0 Å². The van der Waals surface area contributed by atoms with Crippen molar-refractivity contribution < 1.29 is 42.9 Å². The molecule has 0 fully saturated rings. The standard InChI is InChI=1S/C21H22N2O9S2/c1-33-11-18(25)16(9-19(26)27)23-20(28)13-4-2-12(3-5-13)10-22-34(31,32)14-6-7-17(24)15(8-14)21(29)30/h2-8,16,22,24H,9-11H2,1H3,(H,23,28)(H,26,27)(H,29,30)/t16-/m0/s1. The van der Waals surface area contributed by atoms with E-state index in [1.165, 1.54) is 36.0 Å². The van der Waals surface area contributed by atoms with E-state index in [0.29, 0.717) is 5.56 Å². The van der Waals surface area contributed by atoms with Gasteiger partial charge in [-0.3, -0.25) is 14.4 Å². The number of aromatic carboxylic acids is 1. The summed E-state index contributed by atoms with van der Waals surface area (Å²) in [6.07, 6.45) is 1.13. The summed E-state index contributed by atoms with van der Waals surface area (Å²) < 4.78 is 27.2. The molecule has 0 bridgehead atoms. The number of hydrogen-bond donors (Lipinski definition) is 5. The van der Waals surface area contributed by atoms with Crippen molar-refractivity contribution in [1.29, 1.82) is 0 Å². The lowest BCUT2D eigenvalue weighted by Crippen LogP contribution is -2.43. The van der Waals surface area contributed by atoms with Gasteiger partial charge in [0.2, 0.25) is 10.0 Å². The highest BCUT2D eigenvalue weighted by atomic mass is 32.2. The lowest BCUT2D eigenvalue weighted by atomic mass is 10.1. The van der Waals surface area contributed by atoms with Crippen LogP contribution in [0.1, 0.15) is 32.7 Å². The number of Topliss-reactive ketones (excluding diaryl/α,β-unsaturated/α-hetero) is 1. The number of aliphatic carboxylic acids is 1.